The Balaban J connectivity index is 2.13. The molecule has 0 saturated carbocycles. The maximum absolute atomic E-state index is 11.8. The number of nitrogens with zero attached hydrogens (tertiary/aromatic N) is 2. The van der Waals surface area contributed by atoms with E-state index in [4.69, 9.17) is 0 Å². The summed E-state index contributed by atoms with van der Waals surface area (Å²) < 4.78 is 0.996. The van der Waals surface area contributed by atoms with Crippen molar-refractivity contribution in [3.8, 4) is 0 Å². The van der Waals surface area contributed by atoms with Gasteiger partial charge in [0.15, 0.2) is 0 Å². The van der Waals surface area contributed by atoms with Gasteiger partial charge in [-0.05, 0) is 12.1 Å². The lowest BCUT2D eigenvalue weighted by Crippen LogP contribution is -2.26. The molecule has 102 valence electrons. The van der Waals surface area contributed by atoms with Gasteiger partial charge in [-0.25, -0.2) is 0 Å². The van der Waals surface area contributed by atoms with Gasteiger partial charge in [0.25, 0.3) is 11.2 Å². The first-order chi connectivity index (χ1) is 9.56. The van der Waals surface area contributed by atoms with E-state index in [1.807, 2.05) is 0 Å². The standard InChI is InChI=1S/C13H11N3O4/c17-12(14-10-4-2-1-3-5-10)9-15-8-11(16(19)20)6-7-13(15)18/h1-8H,9H2,(H,14,17). The molecular weight excluding hydrogens is 262 g/mol. The van der Waals surface area contributed by atoms with E-state index < -0.39 is 16.4 Å². The molecule has 0 saturated heterocycles. The van der Waals surface area contributed by atoms with Crippen molar-refractivity contribution in [3.05, 3.63) is 69.1 Å². The summed E-state index contributed by atoms with van der Waals surface area (Å²) in [6.45, 7) is -0.282. The minimum Gasteiger partial charge on any atom is -0.325 e. The number of benzene rings is 1. The van der Waals surface area contributed by atoms with Crippen LogP contribution in [0.5, 0.6) is 0 Å². The Morgan fingerprint density at radius 3 is 2.55 bits per heavy atom. The van der Waals surface area contributed by atoms with Gasteiger partial charge in [0.2, 0.25) is 5.91 Å². The number of carbonyl (C=O) groups excluding carboxylic acids is 1. The average molecular weight is 273 g/mol. The van der Waals surface area contributed by atoms with Crippen LogP contribution < -0.4 is 10.9 Å². The minimum atomic E-state index is -0.620. The lowest BCUT2D eigenvalue weighted by Gasteiger charge is -2.06. The molecule has 2 aromatic rings. The second-order valence-corrected chi connectivity index (χ2v) is 4.02. The van der Waals surface area contributed by atoms with Crippen molar-refractivity contribution in [3.63, 3.8) is 0 Å². The van der Waals surface area contributed by atoms with Gasteiger partial charge < -0.3 is 5.32 Å². The second kappa shape index (κ2) is 5.79. The Labute approximate surface area is 113 Å². The van der Waals surface area contributed by atoms with Crippen LogP contribution in [0, 0.1) is 10.1 Å². The molecule has 20 heavy (non-hydrogen) atoms. The predicted molar refractivity (Wildman–Crippen MR) is 72.4 cm³/mol. The average Bonchev–Trinajstić information content (AvgIpc) is 2.42. The summed E-state index contributed by atoms with van der Waals surface area (Å²) >= 11 is 0. The molecule has 0 atom stereocenters. The fourth-order valence-corrected chi connectivity index (χ4v) is 1.63. The number of nitrogens with one attached hydrogen (secondary N) is 1. The van der Waals surface area contributed by atoms with Crippen LogP contribution in [0.3, 0.4) is 0 Å². The Kier molecular flexibility index (Phi) is 3.90. The second-order valence-electron chi connectivity index (χ2n) is 4.02. The lowest BCUT2D eigenvalue weighted by atomic mass is 10.3. The van der Waals surface area contributed by atoms with Gasteiger partial charge in [0.05, 0.1) is 11.1 Å². The van der Waals surface area contributed by atoms with Crippen molar-refractivity contribution in [1.82, 2.24) is 4.57 Å². The van der Waals surface area contributed by atoms with Gasteiger partial charge in [-0.2, -0.15) is 0 Å². The van der Waals surface area contributed by atoms with Crippen LogP contribution in [0.15, 0.2) is 53.5 Å². The topological polar surface area (TPSA) is 94.2 Å². The van der Waals surface area contributed by atoms with Crippen molar-refractivity contribution in [1.29, 1.82) is 0 Å². The zero-order chi connectivity index (χ0) is 14.5. The molecule has 0 radical (unpaired) electrons. The van der Waals surface area contributed by atoms with E-state index in [1.54, 1.807) is 30.3 Å². The number of anilines is 1. The maximum atomic E-state index is 11.8. The molecule has 7 nitrogen and oxygen atoms in total. The fourth-order valence-electron chi connectivity index (χ4n) is 1.63. The van der Waals surface area contributed by atoms with E-state index >= 15 is 0 Å². The summed E-state index contributed by atoms with van der Waals surface area (Å²) in [6, 6.07) is 10.9. The first kappa shape index (κ1) is 13.5. The molecule has 1 amide bonds. The van der Waals surface area contributed by atoms with Crippen LogP contribution in [0.4, 0.5) is 11.4 Å². The predicted octanol–water partition coefficient (Wildman–Crippen LogP) is 1.40. The Morgan fingerprint density at radius 2 is 1.90 bits per heavy atom. The number of hydrogen-bond acceptors (Lipinski definition) is 4. The molecule has 0 spiro atoms. The molecule has 0 bridgehead atoms. The highest BCUT2D eigenvalue weighted by atomic mass is 16.6. The van der Waals surface area contributed by atoms with Gasteiger partial charge in [-0.1, -0.05) is 18.2 Å². The van der Waals surface area contributed by atoms with Crippen molar-refractivity contribution in [2.45, 2.75) is 6.54 Å². The molecule has 0 aliphatic heterocycles. The van der Waals surface area contributed by atoms with Crippen LogP contribution in [-0.2, 0) is 11.3 Å². The van der Waals surface area contributed by atoms with Crippen molar-refractivity contribution in [2.24, 2.45) is 0 Å². The molecule has 1 heterocycles. The van der Waals surface area contributed by atoms with Crippen LogP contribution in [0.2, 0.25) is 0 Å². The Hall–Kier alpha value is -2.96. The molecule has 0 aliphatic rings. The number of hydrogen-bond donors (Lipinski definition) is 1. The Bertz CT molecular complexity index is 694. The fraction of sp³-hybridized carbons (Fsp3) is 0.0769. The monoisotopic (exact) mass is 273 g/mol. The van der Waals surface area contributed by atoms with Crippen LogP contribution in [0.1, 0.15) is 0 Å². The molecule has 2 rings (SSSR count). The number of amides is 1. The lowest BCUT2D eigenvalue weighted by molar-refractivity contribution is -0.385. The third-order valence-electron chi connectivity index (χ3n) is 2.55. The number of nitro groups is 1. The number of rotatable bonds is 4. The summed E-state index contributed by atoms with van der Waals surface area (Å²) in [6.07, 6.45) is 1.05. The number of aromatic nitrogens is 1. The summed E-state index contributed by atoms with van der Waals surface area (Å²) in [4.78, 5) is 33.3. The largest absolute Gasteiger partial charge is 0.325 e. The molecule has 1 aromatic heterocycles. The van der Waals surface area contributed by atoms with Gasteiger partial charge in [0.1, 0.15) is 6.54 Å². The summed E-state index contributed by atoms with van der Waals surface area (Å²) in [7, 11) is 0. The number of carbonyl (C=O) groups is 1. The van der Waals surface area contributed by atoms with Gasteiger partial charge in [0, 0.05) is 17.8 Å². The quantitative estimate of drug-likeness (QED) is 0.672. The summed E-state index contributed by atoms with van der Waals surface area (Å²) in [5, 5.41) is 13.2. The third-order valence-corrected chi connectivity index (χ3v) is 2.55. The van der Waals surface area contributed by atoms with E-state index in [1.165, 1.54) is 0 Å². The molecule has 7 heteroatoms. The highest BCUT2D eigenvalue weighted by Crippen LogP contribution is 2.07. The summed E-state index contributed by atoms with van der Waals surface area (Å²) in [5.74, 6) is -0.432. The van der Waals surface area contributed by atoms with Gasteiger partial charge in [-0.15, -0.1) is 0 Å². The normalized spacial score (nSPS) is 10.0. The third kappa shape index (κ3) is 3.29. The van der Waals surface area contributed by atoms with E-state index in [9.17, 15) is 19.7 Å². The van der Waals surface area contributed by atoms with E-state index in [2.05, 4.69) is 5.32 Å². The molecule has 0 fully saturated rings. The molecule has 0 unspecified atom stereocenters. The van der Waals surface area contributed by atoms with Crippen LogP contribution >= 0.6 is 0 Å². The molecule has 0 aliphatic carbocycles. The zero-order valence-electron chi connectivity index (χ0n) is 10.4. The first-order valence-electron chi connectivity index (χ1n) is 5.76. The highest BCUT2D eigenvalue weighted by molar-refractivity contribution is 5.90. The smallest absolute Gasteiger partial charge is 0.285 e. The number of pyridine rings is 1. The summed E-state index contributed by atoms with van der Waals surface area (Å²) in [5.41, 5.74) is -0.119. The van der Waals surface area contributed by atoms with Crippen LogP contribution in [-0.4, -0.2) is 15.4 Å². The van der Waals surface area contributed by atoms with E-state index in [0.717, 1.165) is 22.9 Å². The molecule has 1 N–H and O–H groups in total. The van der Waals surface area contributed by atoms with E-state index in [-0.39, 0.29) is 12.2 Å². The molecular formula is C13H11N3O4. The van der Waals surface area contributed by atoms with Gasteiger partial charge >= 0.3 is 0 Å². The van der Waals surface area contributed by atoms with Crippen molar-refractivity contribution >= 4 is 17.3 Å². The maximum Gasteiger partial charge on any atom is 0.285 e. The van der Waals surface area contributed by atoms with Crippen LogP contribution in [0.25, 0.3) is 0 Å². The zero-order valence-corrected chi connectivity index (χ0v) is 10.4. The Morgan fingerprint density at radius 1 is 1.20 bits per heavy atom. The minimum absolute atomic E-state index is 0.239. The van der Waals surface area contributed by atoms with E-state index in [0.29, 0.717) is 5.69 Å². The number of para-hydroxylation sites is 1. The first-order valence-corrected chi connectivity index (χ1v) is 5.76. The SMILES string of the molecule is O=C(Cn1cc([N+](=O)[O-])ccc1=O)Nc1ccccc1. The van der Waals surface area contributed by atoms with Crippen molar-refractivity contribution in [2.75, 3.05) is 5.32 Å². The van der Waals surface area contributed by atoms with Gasteiger partial charge in [-0.3, -0.25) is 24.3 Å². The highest BCUT2D eigenvalue weighted by Gasteiger charge is 2.10. The van der Waals surface area contributed by atoms with Crippen molar-refractivity contribution < 1.29 is 9.72 Å². The molecule has 1 aromatic carbocycles.